The Balaban J connectivity index is 1.87. The quantitative estimate of drug-likeness (QED) is 0.519. The van der Waals surface area contributed by atoms with E-state index in [1.165, 1.54) is 12.1 Å². The molecular formula is C23H23BrN2O3S. The third kappa shape index (κ3) is 5.29. The van der Waals surface area contributed by atoms with Crippen molar-refractivity contribution in [1.29, 1.82) is 0 Å². The fourth-order valence-corrected chi connectivity index (χ4v) is 4.84. The van der Waals surface area contributed by atoms with Gasteiger partial charge in [-0.15, -0.1) is 0 Å². The lowest BCUT2D eigenvalue weighted by Gasteiger charge is -2.25. The van der Waals surface area contributed by atoms with Crippen LogP contribution in [0.2, 0.25) is 0 Å². The number of rotatable bonds is 7. The average molecular weight is 487 g/mol. The zero-order chi connectivity index (χ0) is 21.7. The van der Waals surface area contributed by atoms with Crippen LogP contribution >= 0.6 is 15.9 Å². The minimum absolute atomic E-state index is 0.129. The Morgan fingerprint density at radius 1 is 1.00 bits per heavy atom. The van der Waals surface area contributed by atoms with Crippen molar-refractivity contribution in [3.63, 3.8) is 0 Å². The van der Waals surface area contributed by atoms with E-state index in [-0.39, 0.29) is 23.4 Å². The van der Waals surface area contributed by atoms with E-state index in [0.717, 1.165) is 19.9 Å². The van der Waals surface area contributed by atoms with Gasteiger partial charge in [0.25, 0.3) is 10.0 Å². The number of halogens is 1. The van der Waals surface area contributed by atoms with Crippen molar-refractivity contribution in [2.24, 2.45) is 0 Å². The number of nitrogens with zero attached hydrogens (tertiary/aromatic N) is 1. The van der Waals surface area contributed by atoms with Crippen LogP contribution in [-0.4, -0.2) is 20.9 Å². The van der Waals surface area contributed by atoms with Gasteiger partial charge in [-0.05, 0) is 49.7 Å². The molecule has 0 aliphatic rings. The number of sulfonamides is 1. The Hall–Kier alpha value is -2.64. The fraction of sp³-hybridized carbons (Fsp3) is 0.174. The number of benzene rings is 3. The minimum atomic E-state index is -3.92. The highest BCUT2D eigenvalue weighted by molar-refractivity contribution is 9.10. The molecule has 1 atom stereocenters. The molecule has 0 saturated carbocycles. The van der Waals surface area contributed by atoms with Gasteiger partial charge in [0.05, 0.1) is 16.6 Å². The summed E-state index contributed by atoms with van der Waals surface area (Å²) in [6, 6.07) is 22.6. The molecule has 5 nitrogen and oxygen atoms in total. The van der Waals surface area contributed by atoms with E-state index in [1.807, 2.05) is 38.1 Å². The molecule has 0 unspecified atom stereocenters. The van der Waals surface area contributed by atoms with E-state index < -0.39 is 10.0 Å². The number of carbonyl (C=O) groups is 1. The number of hydrogen-bond acceptors (Lipinski definition) is 3. The van der Waals surface area contributed by atoms with Gasteiger partial charge in [0.2, 0.25) is 5.91 Å². The fourth-order valence-electron chi connectivity index (χ4n) is 3.02. The summed E-state index contributed by atoms with van der Waals surface area (Å²) in [7, 11) is -3.92. The van der Waals surface area contributed by atoms with Crippen molar-refractivity contribution < 1.29 is 13.2 Å². The summed E-state index contributed by atoms with van der Waals surface area (Å²) in [5, 5.41) is 2.90. The molecule has 0 saturated heterocycles. The number of aryl methyl sites for hydroxylation is 1. The first-order chi connectivity index (χ1) is 14.3. The van der Waals surface area contributed by atoms with Crippen LogP contribution in [0.3, 0.4) is 0 Å². The molecule has 156 valence electrons. The van der Waals surface area contributed by atoms with E-state index in [9.17, 15) is 13.2 Å². The first-order valence-electron chi connectivity index (χ1n) is 9.46. The molecule has 0 aliphatic carbocycles. The lowest BCUT2D eigenvalue weighted by Crippen LogP contribution is -2.41. The summed E-state index contributed by atoms with van der Waals surface area (Å²) in [5.41, 5.74) is 2.49. The Kier molecular flexibility index (Phi) is 6.95. The Morgan fingerprint density at radius 2 is 1.67 bits per heavy atom. The van der Waals surface area contributed by atoms with Gasteiger partial charge in [-0.1, -0.05) is 70.0 Å². The Bertz CT molecular complexity index is 1120. The van der Waals surface area contributed by atoms with Crippen LogP contribution in [0.5, 0.6) is 0 Å². The molecule has 30 heavy (non-hydrogen) atoms. The molecule has 3 aromatic rings. The zero-order valence-electron chi connectivity index (χ0n) is 16.7. The normalized spacial score (nSPS) is 12.2. The van der Waals surface area contributed by atoms with Crippen LogP contribution in [0.1, 0.15) is 24.1 Å². The highest BCUT2D eigenvalue weighted by Crippen LogP contribution is 2.26. The minimum Gasteiger partial charge on any atom is -0.348 e. The van der Waals surface area contributed by atoms with E-state index in [1.54, 1.807) is 42.5 Å². The number of hydrogen-bond donors (Lipinski definition) is 1. The van der Waals surface area contributed by atoms with Crippen molar-refractivity contribution >= 4 is 37.5 Å². The van der Waals surface area contributed by atoms with E-state index >= 15 is 0 Å². The SMILES string of the molecule is Cc1ccc([C@H](C)NC(=O)CN(c2cccc(Br)c2)S(=O)(=O)c2ccccc2)cc1. The molecule has 0 radical (unpaired) electrons. The predicted molar refractivity (Wildman–Crippen MR) is 123 cm³/mol. The molecule has 1 amide bonds. The van der Waals surface area contributed by atoms with Crippen molar-refractivity contribution in [1.82, 2.24) is 5.32 Å². The maximum atomic E-state index is 13.3. The number of amides is 1. The van der Waals surface area contributed by atoms with Crippen LogP contribution in [0.4, 0.5) is 5.69 Å². The Morgan fingerprint density at radius 3 is 2.30 bits per heavy atom. The van der Waals surface area contributed by atoms with Gasteiger partial charge in [-0.25, -0.2) is 8.42 Å². The van der Waals surface area contributed by atoms with Crippen LogP contribution in [0, 0.1) is 6.92 Å². The molecule has 0 fully saturated rings. The molecule has 0 bridgehead atoms. The van der Waals surface area contributed by atoms with Crippen molar-refractivity contribution in [3.8, 4) is 0 Å². The highest BCUT2D eigenvalue weighted by Gasteiger charge is 2.27. The summed E-state index contributed by atoms with van der Waals surface area (Å²) >= 11 is 3.37. The molecule has 7 heteroatoms. The van der Waals surface area contributed by atoms with Crippen LogP contribution in [0.25, 0.3) is 0 Å². The van der Waals surface area contributed by atoms with Gasteiger partial charge < -0.3 is 5.32 Å². The van der Waals surface area contributed by atoms with Crippen molar-refractivity contribution in [2.45, 2.75) is 24.8 Å². The first kappa shape index (κ1) is 22.1. The first-order valence-corrected chi connectivity index (χ1v) is 11.7. The topological polar surface area (TPSA) is 66.5 Å². The summed E-state index contributed by atoms with van der Waals surface area (Å²) in [6.07, 6.45) is 0. The largest absolute Gasteiger partial charge is 0.348 e. The van der Waals surface area contributed by atoms with Gasteiger partial charge >= 0.3 is 0 Å². The van der Waals surface area contributed by atoms with Gasteiger partial charge in [0.15, 0.2) is 0 Å². The van der Waals surface area contributed by atoms with Gasteiger partial charge in [-0.3, -0.25) is 9.10 Å². The number of anilines is 1. The summed E-state index contributed by atoms with van der Waals surface area (Å²) in [4.78, 5) is 12.9. The van der Waals surface area contributed by atoms with Gasteiger partial charge in [0, 0.05) is 4.47 Å². The van der Waals surface area contributed by atoms with Crippen molar-refractivity contribution in [3.05, 3.63) is 94.5 Å². The third-order valence-electron chi connectivity index (χ3n) is 4.67. The summed E-state index contributed by atoms with van der Waals surface area (Å²) in [6.45, 7) is 3.54. The monoisotopic (exact) mass is 486 g/mol. The van der Waals surface area contributed by atoms with Crippen LogP contribution < -0.4 is 9.62 Å². The molecule has 0 aliphatic heterocycles. The molecule has 3 rings (SSSR count). The number of nitrogens with one attached hydrogen (secondary N) is 1. The molecule has 0 heterocycles. The van der Waals surface area contributed by atoms with Gasteiger partial charge in [-0.2, -0.15) is 0 Å². The second-order valence-electron chi connectivity index (χ2n) is 7.00. The zero-order valence-corrected chi connectivity index (χ0v) is 19.2. The third-order valence-corrected chi connectivity index (χ3v) is 6.95. The average Bonchev–Trinajstić information content (AvgIpc) is 2.73. The van der Waals surface area contributed by atoms with E-state index in [2.05, 4.69) is 21.2 Å². The maximum absolute atomic E-state index is 13.3. The van der Waals surface area contributed by atoms with Gasteiger partial charge in [0.1, 0.15) is 6.54 Å². The highest BCUT2D eigenvalue weighted by atomic mass is 79.9. The lowest BCUT2D eigenvalue weighted by atomic mass is 10.1. The number of carbonyl (C=O) groups excluding carboxylic acids is 1. The van der Waals surface area contributed by atoms with Crippen LogP contribution in [0.15, 0.2) is 88.2 Å². The molecule has 0 spiro atoms. The summed E-state index contributed by atoms with van der Waals surface area (Å²) < 4.78 is 28.5. The van der Waals surface area contributed by atoms with Crippen LogP contribution in [-0.2, 0) is 14.8 Å². The van der Waals surface area contributed by atoms with Crippen molar-refractivity contribution in [2.75, 3.05) is 10.8 Å². The lowest BCUT2D eigenvalue weighted by molar-refractivity contribution is -0.120. The summed E-state index contributed by atoms with van der Waals surface area (Å²) in [5.74, 6) is -0.387. The Labute approximate surface area is 185 Å². The second-order valence-corrected chi connectivity index (χ2v) is 9.78. The predicted octanol–water partition coefficient (Wildman–Crippen LogP) is 4.83. The maximum Gasteiger partial charge on any atom is 0.264 e. The molecule has 1 N–H and O–H groups in total. The second kappa shape index (κ2) is 9.45. The molecule has 0 aromatic heterocycles. The molecule has 3 aromatic carbocycles. The standard InChI is InChI=1S/C23H23BrN2O3S/c1-17-11-13-19(14-12-17)18(2)25-23(27)16-26(21-8-6-7-20(24)15-21)30(28,29)22-9-4-3-5-10-22/h3-15,18H,16H2,1-2H3,(H,25,27)/t18-/m0/s1. The van der Waals surface area contributed by atoms with E-state index in [0.29, 0.717) is 5.69 Å². The molecular weight excluding hydrogens is 464 g/mol. The smallest absolute Gasteiger partial charge is 0.264 e. The van der Waals surface area contributed by atoms with E-state index in [4.69, 9.17) is 0 Å².